The van der Waals surface area contributed by atoms with E-state index in [1.54, 1.807) is 0 Å². The molecule has 0 amide bonds. The van der Waals surface area contributed by atoms with Crippen molar-refractivity contribution < 1.29 is 30.4 Å². The van der Waals surface area contributed by atoms with Gasteiger partial charge in [-0.1, -0.05) is 12.1 Å². The summed E-state index contributed by atoms with van der Waals surface area (Å²) in [5.74, 6) is -8.06. The van der Waals surface area contributed by atoms with E-state index >= 15 is 0 Å². The largest absolute Gasteiger partial charge is 0.249 e. The normalized spacial score (nSPS) is 15.0. The fraction of sp³-hybridized carbons (Fsp3) is 0.250. The molecular weight excluding hydrogens is 365 g/mol. The van der Waals surface area contributed by atoms with E-state index in [0.717, 1.165) is 16.4 Å². The minimum atomic E-state index is -4.84. The summed E-state index contributed by atoms with van der Waals surface area (Å²) in [7, 11) is -4.84. The average molecular weight is 377 g/mol. The van der Waals surface area contributed by atoms with Crippen LogP contribution in [-0.2, 0) is 16.6 Å². The smallest absolute Gasteiger partial charge is 0.207 e. The van der Waals surface area contributed by atoms with Crippen LogP contribution >= 0.6 is 0 Å². The van der Waals surface area contributed by atoms with Gasteiger partial charge in [-0.3, -0.25) is 0 Å². The molecule has 3 rings (SSSR count). The number of nitrogens with zero attached hydrogens (tertiary/aromatic N) is 1. The molecule has 0 bridgehead atoms. The Morgan fingerprint density at radius 3 is 1.92 bits per heavy atom. The molecule has 1 fully saturated rings. The van der Waals surface area contributed by atoms with E-state index in [1.807, 2.05) is 0 Å². The first-order chi connectivity index (χ1) is 11.7. The van der Waals surface area contributed by atoms with E-state index in [9.17, 15) is 30.4 Å². The minimum Gasteiger partial charge on any atom is -0.207 e. The van der Waals surface area contributed by atoms with Crippen LogP contribution in [-0.4, -0.2) is 18.8 Å². The SMILES string of the molecule is O=S(=O)(c1c(F)c(F)cc(F)c1F)N(Cc1ccc(F)cc1)C1CC1. The molecular formula is C16H12F5NO2S. The fourth-order valence-electron chi connectivity index (χ4n) is 2.44. The average Bonchev–Trinajstić information content (AvgIpc) is 3.37. The van der Waals surface area contributed by atoms with Gasteiger partial charge in [0.25, 0.3) is 0 Å². The van der Waals surface area contributed by atoms with Crippen molar-refractivity contribution in [1.29, 1.82) is 0 Å². The first kappa shape index (κ1) is 17.8. The summed E-state index contributed by atoms with van der Waals surface area (Å²) in [6.45, 7) is -0.301. The number of hydrogen-bond acceptors (Lipinski definition) is 2. The Bertz CT molecular complexity index is 885. The van der Waals surface area contributed by atoms with Crippen LogP contribution in [0.1, 0.15) is 18.4 Å². The lowest BCUT2D eigenvalue weighted by molar-refractivity contribution is 0.376. The van der Waals surface area contributed by atoms with Crippen molar-refractivity contribution in [2.24, 2.45) is 0 Å². The van der Waals surface area contributed by atoms with Gasteiger partial charge < -0.3 is 0 Å². The molecule has 2 aromatic carbocycles. The van der Waals surface area contributed by atoms with Crippen molar-refractivity contribution in [2.45, 2.75) is 30.3 Å². The first-order valence-corrected chi connectivity index (χ1v) is 8.75. The monoisotopic (exact) mass is 377 g/mol. The Hall–Kier alpha value is -2.00. The summed E-state index contributed by atoms with van der Waals surface area (Å²) >= 11 is 0. The molecule has 0 radical (unpaired) electrons. The van der Waals surface area contributed by atoms with Crippen molar-refractivity contribution in [1.82, 2.24) is 4.31 Å². The van der Waals surface area contributed by atoms with Gasteiger partial charge in [-0.25, -0.2) is 30.4 Å². The van der Waals surface area contributed by atoms with Crippen LogP contribution in [0.3, 0.4) is 0 Å². The van der Waals surface area contributed by atoms with Crippen LogP contribution in [0.4, 0.5) is 22.0 Å². The van der Waals surface area contributed by atoms with E-state index in [0.29, 0.717) is 18.4 Å². The van der Waals surface area contributed by atoms with Crippen molar-refractivity contribution in [2.75, 3.05) is 0 Å². The third-order valence-electron chi connectivity index (χ3n) is 3.84. The Kier molecular flexibility index (Phi) is 4.54. The number of halogens is 5. The Balaban J connectivity index is 2.06. The van der Waals surface area contributed by atoms with E-state index in [1.165, 1.54) is 12.1 Å². The molecule has 0 spiro atoms. The molecule has 0 aliphatic heterocycles. The lowest BCUT2D eigenvalue weighted by atomic mass is 10.2. The maximum atomic E-state index is 13.9. The zero-order chi connectivity index (χ0) is 18.4. The van der Waals surface area contributed by atoms with Gasteiger partial charge in [0.2, 0.25) is 10.0 Å². The van der Waals surface area contributed by atoms with Gasteiger partial charge in [-0.15, -0.1) is 0 Å². The zero-order valence-electron chi connectivity index (χ0n) is 12.6. The number of hydrogen-bond donors (Lipinski definition) is 0. The highest BCUT2D eigenvalue weighted by atomic mass is 32.2. The highest BCUT2D eigenvalue weighted by molar-refractivity contribution is 7.89. The highest BCUT2D eigenvalue weighted by Gasteiger charge is 2.42. The molecule has 1 aliphatic rings. The second-order valence-electron chi connectivity index (χ2n) is 5.71. The number of sulfonamides is 1. The second kappa shape index (κ2) is 6.38. The molecule has 0 saturated heterocycles. The summed E-state index contributed by atoms with van der Waals surface area (Å²) in [6.07, 6.45) is 0.892. The van der Waals surface area contributed by atoms with Crippen molar-refractivity contribution in [3.8, 4) is 0 Å². The van der Waals surface area contributed by atoms with Gasteiger partial charge in [-0.2, -0.15) is 4.31 Å². The third-order valence-corrected chi connectivity index (χ3v) is 5.76. The van der Waals surface area contributed by atoms with Gasteiger partial charge in [0.1, 0.15) is 5.82 Å². The Morgan fingerprint density at radius 1 is 0.920 bits per heavy atom. The first-order valence-electron chi connectivity index (χ1n) is 7.31. The van der Waals surface area contributed by atoms with Gasteiger partial charge in [0.05, 0.1) is 0 Å². The summed E-state index contributed by atoms with van der Waals surface area (Å²) < 4.78 is 93.8. The van der Waals surface area contributed by atoms with E-state index in [2.05, 4.69) is 0 Å². The standard InChI is InChI=1S/C16H12F5NO2S/c17-10-3-1-9(2-4-10)8-22(11-5-6-11)25(23,24)16-14(20)12(18)7-13(19)15(16)21/h1-4,7,11H,5-6,8H2. The zero-order valence-corrected chi connectivity index (χ0v) is 13.5. The predicted molar refractivity (Wildman–Crippen MR) is 78.4 cm³/mol. The van der Waals surface area contributed by atoms with Crippen molar-refractivity contribution in [3.63, 3.8) is 0 Å². The van der Waals surface area contributed by atoms with Gasteiger partial charge in [-0.05, 0) is 30.5 Å². The Labute approximate surface area is 140 Å². The Morgan fingerprint density at radius 2 is 1.44 bits per heavy atom. The molecule has 2 aromatic rings. The van der Waals surface area contributed by atoms with Crippen LogP contribution < -0.4 is 0 Å². The molecule has 3 nitrogen and oxygen atoms in total. The quantitative estimate of drug-likeness (QED) is 0.588. The van der Waals surface area contributed by atoms with Crippen LogP contribution in [0.25, 0.3) is 0 Å². The van der Waals surface area contributed by atoms with E-state index in [4.69, 9.17) is 0 Å². The highest BCUT2D eigenvalue weighted by Crippen LogP contribution is 2.36. The van der Waals surface area contributed by atoms with Crippen LogP contribution in [0, 0.1) is 29.1 Å². The maximum absolute atomic E-state index is 13.9. The topological polar surface area (TPSA) is 37.4 Å². The van der Waals surface area contributed by atoms with Crippen LogP contribution in [0.2, 0.25) is 0 Å². The van der Waals surface area contributed by atoms with Gasteiger partial charge in [0, 0.05) is 18.7 Å². The molecule has 0 N–H and O–H groups in total. The molecule has 0 heterocycles. The third kappa shape index (κ3) is 3.38. The maximum Gasteiger partial charge on any atom is 0.249 e. The molecule has 134 valence electrons. The molecule has 1 saturated carbocycles. The lowest BCUT2D eigenvalue weighted by Gasteiger charge is -2.22. The number of rotatable bonds is 5. The molecule has 25 heavy (non-hydrogen) atoms. The summed E-state index contributed by atoms with van der Waals surface area (Å²) in [5.41, 5.74) is 0.370. The molecule has 0 unspecified atom stereocenters. The summed E-state index contributed by atoms with van der Waals surface area (Å²) in [6, 6.07) is 4.26. The predicted octanol–water partition coefficient (Wildman–Crippen LogP) is 3.74. The summed E-state index contributed by atoms with van der Waals surface area (Å²) in [5, 5.41) is 0. The minimum absolute atomic E-state index is 0.0505. The van der Waals surface area contributed by atoms with Crippen molar-refractivity contribution >= 4 is 10.0 Å². The second-order valence-corrected chi connectivity index (χ2v) is 7.53. The van der Waals surface area contributed by atoms with Gasteiger partial charge in [0.15, 0.2) is 28.2 Å². The van der Waals surface area contributed by atoms with E-state index in [-0.39, 0.29) is 12.6 Å². The van der Waals surface area contributed by atoms with Gasteiger partial charge >= 0.3 is 0 Å². The van der Waals surface area contributed by atoms with Crippen LogP contribution in [0.5, 0.6) is 0 Å². The van der Waals surface area contributed by atoms with Crippen LogP contribution in [0.15, 0.2) is 35.2 Å². The summed E-state index contributed by atoms with van der Waals surface area (Å²) in [4.78, 5) is -1.65. The van der Waals surface area contributed by atoms with E-state index < -0.39 is 50.0 Å². The molecule has 9 heteroatoms. The lowest BCUT2D eigenvalue weighted by Crippen LogP contribution is -2.34. The van der Waals surface area contributed by atoms with Crippen molar-refractivity contribution in [3.05, 3.63) is 65.0 Å². The number of benzene rings is 2. The molecule has 0 atom stereocenters. The molecule has 0 aromatic heterocycles. The fourth-order valence-corrected chi connectivity index (χ4v) is 4.24. The molecule has 1 aliphatic carbocycles.